The molecule has 0 aromatic heterocycles. The Balaban J connectivity index is 2.31. The number of rotatable bonds is 11. The molecule has 0 aliphatic heterocycles. The van der Waals surface area contributed by atoms with Gasteiger partial charge in [-0.2, -0.15) is 0 Å². The third-order valence-electron chi connectivity index (χ3n) is 4.71. The van der Waals surface area contributed by atoms with Crippen LogP contribution in [0.4, 0.5) is 0 Å². The Morgan fingerprint density at radius 3 is 1.33 bits per heavy atom. The highest BCUT2D eigenvalue weighted by atomic mass is 16.5. The van der Waals surface area contributed by atoms with Crippen LogP contribution >= 0.6 is 0 Å². The van der Waals surface area contributed by atoms with Gasteiger partial charge in [0, 0.05) is 6.07 Å². The summed E-state index contributed by atoms with van der Waals surface area (Å²) in [5.41, 5.74) is 4.13. The number of hydrogen-bond donors (Lipinski definition) is 0. The van der Waals surface area contributed by atoms with E-state index < -0.39 is 0 Å². The molecule has 0 aliphatic rings. The third kappa shape index (κ3) is 5.15. The van der Waals surface area contributed by atoms with Crippen LogP contribution < -0.4 is 14.2 Å². The maximum atomic E-state index is 6.41. The molecular formula is C27H32O3. The second-order valence-electron chi connectivity index (χ2n) is 7.23. The lowest BCUT2D eigenvalue weighted by Gasteiger charge is -2.23. The zero-order chi connectivity index (χ0) is 21.2. The molecule has 3 rings (SSSR count). The fourth-order valence-corrected chi connectivity index (χ4v) is 3.37. The molecule has 0 N–H and O–H groups in total. The van der Waals surface area contributed by atoms with Gasteiger partial charge < -0.3 is 14.2 Å². The molecule has 0 fully saturated rings. The summed E-state index contributed by atoms with van der Waals surface area (Å²) in [5, 5.41) is 0. The van der Waals surface area contributed by atoms with Crippen molar-refractivity contribution in [1.82, 2.24) is 0 Å². The quantitative estimate of drug-likeness (QED) is 0.333. The first kappa shape index (κ1) is 21.8. The Morgan fingerprint density at radius 2 is 0.933 bits per heavy atom. The van der Waals surface area contributed by atoms with E-state index in [1.165, 1.54) is 0 Å². The highest BCUT2D eigenvalue weighted by Crippen LogP contribution is 2.50. The van der Waals surface area contributed by atoms with Gasteiger partial charge in [0.1, 0.15) is 17.2 Å². The standard InChI is InChI=1S/C27H32O3/c1-4-17-28-23-20-24(29-18-5-2)26(22-15-11-8-12-16-22)27(30-19-6-3)25(23)21-13-9-7-10-14-21/h7-16,20H,4-6,17-19H2,1-3H3. The fraction of sp³-hybridized carbons (Fsp3) is 0.333. The molecule has 0 saturated heterocycles. The topological polar surface area (TPSA) is 27.7 Å². The summed E-state index contributed by atoms with van der Waals surface area (Å²) in [6, 6.07) is 22.7. The second kappa shape index (κ2) is 11.3. The van der Waals surface area contributed by atoms with Gasteiger partial charge in [-0.25, -0.2) is 0 Å². The van der Waals surface area contributed by atoms with Gasteiger partial charge in [-0.05, 0) is 30.4 Å². The van der Waals surface area contributed by atoms with E-state index >= 15 is 0 Å². The van der Waals surface area contributed by atoms with Crippen molar-refractivity contribution in [3.63, 3.8) is 0 Å². The molecular weight excluding hydrogens is 372 g/mol. The van der Waals surface area contributed by atoms with Crippen molar-refractivity contribution >= 4 is 0 Å². The minimum atomic E-state index is 0.629. The normalized spacial score (nSPS) is 10.6. The Kier molecular flexibility index (Phi) is 8.20. The predicted molar refractivity (Wildman–Crippen MR) is 125 cm³/mol. The predicted octanol–water partition coefficient (Wildman–Crippen LogP) is 7.39. The SMILES string of the molecule is CCCOc1cc(OCCC)c(-c2ccccc2)c(OCCC)c1-c1ccccc1. The molecule has 0 amide bonds. The molecule has 3 nitrogen and oxygen atoms in total. The molecule has 0 saturated carbocycles. The molecule has 0 unspecified atom stereocenters. The third-order valence-corrected chi connectivity index (χ3v) is 4.71. The molecule has 0 heterocycles. The van der Waals surface area contributed by atoms with E-state index in [0.717, 1.165) is 58.8 Å². The minimum Gasteiger partial charge on any atom is -0.493 e. The molecule has 30 heavy (non-hydrogen) atoms. The van der Waals surface area contributed by atoms with Gasteiger partial charge in [0.05, 0.1) is 30.9 Å². The van der Waals surface area contributed by atoms with Crippen molar-refractivity contribution in [1.29, 1.82) is 0 Å². The number of ether oxygens (including phenoxy) is 3. The largest absolute Gasteiger partial charge is 0.493 e. The summed E-state index contributed by atoms with van der Waals surface area (Å²) in [6.45, 7) is 8.27. The lowest BCUT2D eigenvalue weighted by atomic mass is 9.95. The maximum Gasteiger partial charge on any atom is 0.142 e. The zero-order valence-electron chi connectivity index (χ0n) is 18.3. The van der Waals surface area contributed by atoms with E-state index in [4.69, 9.17) is 14.2 Å². The van der Waals surface area contributed by atoms with E-state index in [0.29, 0.717) is 19.8 Å². The van der Waals surface area contributed by atoms with Crippen molar-refractivity contribution in [3.05, 3.63) is 66.7 Å². The maximum absolute atomic E-state index is 6.41. The van der Waals surface area contributed by atoms with Crippen LogP contribution in [0.5, 0.6) is 17.2 Å². The Labute approximate surface area is 180 Å². The van der Waals surface area contributed by atoms with Gasteiger partial charge in [-0.3, -0.25) is 0 Å². The van der Waals surface area contributed by atoms with E-state index in [2.05, 4.69) is 45.0 Å². The number of hydrogen-bond acceptors (Lipinski definition) is 3. The average Bonchev–Trinajstić information content (AvgIpc) is 2.80. The smallest absolute Gasteiger partial charge is 0.142 e. The average molecular weight is 405 g/mol. The lowest BCUT2D eigenvalue weighted by molar-refractivity contribution is 0.290. The van der Waals surface area contributed by atoms with Crippen LogP contribution in [0.1, 0.15) is 40.0 Å². The van der Waals surface area contributed by atoms with Gasteiger partial charge in [0.15, 0.2) is 0 Å². The van der Waals surface area contributed by atoms with Crippen LogP contribution in [0, 0.1) is 0 Å². The van der Waals surface area contributed by atoms with Crippen molar-refractivity contribution in [2.24, 2.45) is 0 Å². The lowest BCUT2D eigenvalue weighted by Crippen LogP contribution is -2.06. The minimum absolute atomic E-state index is 0.629. The first-order valence-electron chi connectivity index (χ1n) is 11.0. The van der Waals surface area contributed by atoms with E-state index in [1.54, 1.807) is 0 Å². The van der Waals surface area contributed by atoms with Crippen LogP contribution in [-0.4, -0.2) is 19.8 Å². The zero-order valence-corrected chi connectivity index (χ0v) is 18.3. The summed E-state index contributed by atoms with van der Waals surface area (Å²) < 4.78 is 18.8. The summed E-state index contributed by atoms with van der Waals surface area (Å²) in [5.74, 6) is 2.44. The first-order valence-corrected chi connectivity index (χ1v) is 11.0. The molecule has 0 spiro atoms. The van der Waals surface area contributed by atoms with Gasteiger partial charge >= 0.3 is 0 Å². The van der Waals surface area contributed by atoms with Gasteiger partial charge in [0.25, 0.3) is 0 Å². The highest BCUT2D eigenvalue weighted by molar-refractivity contribution is 5.90. The van der Waals surface area contributed by atoms with Crippen molar-refractivity contribution in [2.75, 3.05) is 19.8 Å². The molecule has 0 radical (unpaired) electrons. The molecule has 0 atom stereocenters. The van der Waals surface area contributed by atoms with E-state index in [-0.39, 0.29) is 0 Å². The van der Waals surface area contributed by atoms with Crippen molar-refractivity contribution in [2.45, 2.75) is 40.0 Å². The summed E-state index contributed by atoms with van der Waals surface area (Å²) >= 11 is 0. The van der Waals surface area contributed by atoms with Crippen LogP contribution in [-0.2, 0) is 0 Å². The van der Waals surface area contributed by atoms with Crippen LogP contribution in [0.25, 0.3) is 22.3 Å². The van der Waals surface area contributed by atoms with Crippen molar-refractivity contribution in [3.8, 4) is 39.5 Å². The molecule has 3 aromatic rings. The Hall–Kier alpha value is -2.94. The van der Waals surface area contributed by atoms with Gasteiger partial charge in [-0.1, -0.05) is 81.4 Å². The van der Waals surface area contributed by atoms with Crippen LogP contribution in [0.3, 0.4) is 0 Å². The number of benzene rings is 3. The molecule has 3 heteroatoms. The van der Waals surface area contributed by atoms with Crippen LogP contribution in [0.2, 0.25) is 0 Å². The molecule has 3 aromatic carbocycles. The first-order chi connectivity index (χ1) is 14.8. The summed E-state index contributed by atoms with van der Waals surface area (Å²) in [7, 11) is 0. The Morgan fingerprint density at radius 1 is 0.533 bits per heavy atom. The van der Waals surface area contributed by atoms with Crippen molar-refractivity contribution < 1.29 is 14.2 Å². The molecule has 0 bridgehead atoms. The highest BCUT2D eigenvalue weighted by Gasteiger charge is 2.24. The summed E-state index contributed by atoms with van der Waals surface area (Å²) in [6.07, 6.45) is 2.80. The Bertz CT molecular complexity index is 835. The summed E-state index contributed by atoms with van der Waals surface area (Å²) in [4.78, 5) is 0. The van der Waals surface area contributed by atoms with Crippen LogP contribution in [0.15, 0.2) is 66.7 Å². The van der Waals surface area contributed by atoms with Gasteiger partial charge in [0.2, 0.25) is 0 Å². The second-order valence-corrected chi connectivity index (χ2v) is 7.23. The molecule has 0 aliphatic carbocycles. The fourth-order valence-electron chi connectivity index (χ4n) is 3.37. The van der Waals surface area contributed by atoms with Gasteiger partial charge in [-0.15, -0.1) is 0 Å². The van der Waals surface area contributed by atoms with E-state index in [9.17, 15) is 0 Å². The van der Waals surface area contributed by atoms with E-state index in [1.807, 2.05) is 42.5 Å². The monoisotopic (exact) mass is 404 g/mol. The molecule has 158 valence electrons.